The third kappa shape index (κ3) is 4.42. The summed E-state index contributed by atoms with van der Waals surface area (Å²) >= 11 is 0. The van der Waals surface area contributed by atoms with E-state index in [4.69, 9.17) is 4.74 Å². The Hall–Kier alpha value is -1.20. The van der Waals surface area contributed by atoms with E-state index in [0.29, 0.717) is 12.1 Å². The average molecular weight is 278 g/mol. The second-order valence-corrected chi connectivity index (χ2v) is 5.60. The van der Waals surface area contributed by atoms with Gasteiger partial charge in [0.25, 0.3) is 0 Å². The zero-order chi connectivity index (χ0) is 14.4. The first-order valence-electron chi connectivity index (χ1n) is 7.60. The van der Waals surface area contributed by atoms with E-state index in [1.807, 2.05) is 12.4 Å². The maximum atomic E-state index is 5.69. The standard InChI is InChI=1S/C15H26N4O/c1-4-19(11-14-6-5-7-20-14)15-17-9-13(10-18-15)8-16-12(2)3/h9-10,12,14,16H,4-8,11H2,1-3H3. The molecular weight excluding hydrogens is 252 g/mol. The molecular formula is C15H26N4O. The molecule has 1 N–H and O–H groups in total. The lowest BCUT2D eigenvalue weighted by Crippen LogP contribution is -2.33. The number of nitrogens with one attached hydrogen (secondary N) is 1. The molecule has 112 valence electrons. The molecule has 1 saturated heterocycles. The van der Waals surface area contributed by atoms with Crippen molar-refractivity contribution in [3.05, 3.63) is 18.0 Å². The number of nitrogens with zero attached hydrogens (tertiary/aromatic N) is 3. The highest BCUT2D eigenvalue weighted by atomic mass is 16.5. The summed E-state index contributed by atoms with van der Waals surface area (Å²) in [6.07, 6.45) is 6.47. The van der Waals surface area contributed by atoms with E-state index in [1.54, 1.807) is 0 Å². The van der Waals surface area contributed by atoms with E-state index in [2.05, 4.69) is 41.0 Å². The lowest BCUT2D eigenvalue weighted by molar-refractivity contribution is 0.115. The number of anilines is 1. The molecule has 2 heterocycles. The fourth-order valence-electron chi connectivity index (χ4n) is 2.31. The van der Waals surface area contributed by atoms with Crippen LogP contribution in [0, 0.1) is 0 Å². The topological polar surface area (TPSA) is 50.3 Å². The summed E-state index contributed by atoms with van der Waals surface area (Å²) in [4.78, 5) is 11.2. The van der Waals surface area contributed by atoms with Crippen LogP contribution < -0.4 is 10.2 Å². The van der Waals surface area contributed by atoms with E-state index >= 15 is 0 Å². The Kier molecular flexibility index (Phi) is 5.73. The van der Waals surface area contributed by atoms with Crippen molar-refractivity contribution in [2.24, 2.45) is 0 Å². The van der Waals surface area contributed by atoms with Crippen LogP contribution in [0.2, 0.25) is 0 Å². The second kappa shape index (κ2) is 7.55. The van der Waals surface area contributed by atoms with Gasteiger partial charge in [0.15, 0.2) is 0 Å². The van der Waals surface area contributed by atoms with Crippen LogP contribution in [0.15, 0.2) is 12.4 Å². The van der Waals surface area contributed by atoms with E-state index in [-0.39, 0.29) is 0 Å². The van der Waals surface area contributed by atoms with Gasteiger partial charge in [0.1, 0.15) is 0 Å². The molecule has 0 spiro atoms. The molecule has 1 aromatic rings. The van der Waals surface area contributed by atoms with E-state index in [1.165, 1.54) is 6.42 Å². The first-order valence-corrected chi connectivity index (χ1v) is 7.60. The van der Waals surface area contributed by atoms with Crippen molar-refractivity contribution < 1.29 is 4.74 Å². The van der Waals surface area contributed by atoms with Crippen LogP contribution in [0.4, 0.5) is 5.95 Å². The number of aromatic nitrogens is 2. The van der Waals surface area contributed by atoms with Crippen LogP contribution in [0.25, 0.3) is 0 Å². The molecule has 1 atom stereocenters. The SMILES string of the molecule is CCN(CC1CCCO1)c1ncc(CNC(C)C)cn1. The summed E-state index contributed by atoms with van der Waals surface area (Å²) in [6.45, 7) is 9.90. The van der Waals surface area contributed by atoms with E-state index in [9.17, 15) is 0 Å². The Balaban J connectivity index is 1.92. The summed E-state index contributed by atoms with van der Waals surface area (Å²) in [5.41, 5.74) is 1.12. The lowest BCUT2D eigenvalue weighted by atomic mass is 10.2. The maximum Gasteiger partial charge on any atom is 0.225 e. The molecule has 20 heavy (non-hydrogen) atoms. The van der Waals surface area contributed by atoms with Crippen molar-refractivity contribution in [1.82, 2.24) is 15.3 Å². The van der Waals surface area contributed by atoms with Gasteiger partial charge in [-0.3, -0.25) is 0 Å². The van der Waals surface area contributed by atoms with Gasteiger partial charge in [0.2, 0.25) is 5.95 Å². The molecule has 0 aliphatic carbocycles. The van der Waals surface area contributed by atoms with Crippen molar-refractivity contribution in [3.8, 4) is 0 Å². The summed E-state index contributed by atoms with van der Waals surface area (Å²) in [5.74, 6) is 0.802. The number of ether oxygens (including phenoxy) is 1. The normalized spacial score (nSPS) is 18.7. The van der Waals surface area contributed by atoms with Crippen LogP contribution in [0.3, 0.4) is 0 Å². The quantitative estimate of drug-likeness (QED) is 0.826. The van der Waals surface area contributed by atoms with Crippen molar-refractivity contribution in [1.29, 1.82) is 0 Å². The Morgan fingerprint density at radius 2 is 2.15 bits per heavy atom. The summed E-state index contributed by atoms with van der Waals surface area (Å²) < 4.78 is 5.69. The highest BCUT2D eigenvalue weighted by molar-refractivity contribution is 5.29. The highest BCUT2D eigenvalue weighted by Crippen LogP contribution is 2.16. The Labute approximate surface area is 121 Å². The lowest BCUT2D eigenvalue weighted by Gasteiger charge is -2.23. The van der Waals surface area contributed by atoms with Gasteiger partial charge >= 0.3 is 0 Å². The minimum Gasteiger partial charge on any atom is -0.376 e. The van der Waals surface area contributed by atoms with Crippen LogP contribution in [-0.2, 0) is 11.3 Å². The zero-order valence-corrected chi connectivity index (χ0v) is 12.8. The Bertz CT molecular complexity index is 387. The molecule has 1 unspecified atom stereocenters. The number of hydrogen-bond acceptors (Lipinski definition) is 5. The first-order chi connectivity index (χ1) is 9.69. The van der Waals surface area contributed by atoms with Gasteiger partial charge in [-0.15, -0.1) is 0 Å². The van der Waals surface area contributed by atoms with E-state index in [0.717, 1.165) is 44.2 Å². The van der Waals surface area contributed by atoms with Gasteiger partial charge in [0.05, 0.1) is 6.10 Å². The number of hydrogen-bond donors (Lipinski definition) is 1. The van der Waals surface area contributed by atoms with Gasteiger partial charge in [-0.05, 0) is 19.8 Å². The molecule has 0 aromatic carbocycles. The molecule has 0 amide bonds. The van der Waals surface area contributed by atoms with Crippen LogP contribution >= 0.6 is 0 Å². The smallest absolute Gasteiger partial charge is 0.225 e. The third-order valence-corrected chi connectivity index (χ3v) is 3.52. The molecule has 5 heteroatoms. The molecule has 1 aliphatic heterocycles. The Morgan fingerprint density at radius 3 is 2.70 bits per heavy atom. The summed E-state index contributed by atoms with van der Waals surface area (Å²) in [5, 5.41) is 3.37. The number of rotatable bonds is 7. The maximum absolute atomic E-state index is 5.69. The van der Waals surface area contributed by atoms with Gasteiger partial charge in [-0.2, -0.15) is 0 Å². The third-order valence-electron chi connectivity index (χ3n) is 3.52. The van der Waals surface area contributed by atoms with Crippen molar-refractivity contribution in [3.63, 3.8) is 0 Å². The Morgan fingerprint density at radius 1 is 1.40 bits per heavy atom. The summed E-state index contributed by atoms with van der Waals surface area (Å²) in [7, 11) is 0. The van der Waals surface area contributed by atoms with Gasteiger partial charge in [0, 0.05) is 50.2 Å². The van der Waals surface area contributed by atoms with Crippen LogP contribution in [0.5, 0.6) is 0 Å². The largest absolute Gasteiger partial charge is 0.376 e. The fourth-order valence-corrected chi connectivity index (χ4v) is 2.31. The van der Waals surface area contributed by atoms with Gasteiger partial charge in [-0.1, -0.05) is 13.8 Å². The molecule has 1 aromatic heterocycles. The number of likely N-dealkylation sites (N-methyl/N-ethyl adjacent to an activating group) is 1. The molecule has 2 rings (SSSR count). The minimum atomic E-state index is 0.334. The van der Waals surface area contributed by atoms with Crippen molar-refractivity contribution in [2.45, 2.75) is 52.3 Å². The zero-order valence-electron chi connectivity index (χ0n) is 12.8. The van der Waals surface area contributed by atoms with Gasteiger partial charge in [-0.25, -0.2) is 9.97 Å². The van der Waals surface area contributed by atoms with Crippen LogP contribution in [-0.4, -0.2) is 41.8 Å². The van der Waals surface area contributed by atoms with Crippen molar-refractivity contribution >= 4 is 5.95 Å². The fraction of sp³-hybridized carbons (Fsp3) is 0.733. The van der Waals surface area contributed by atoms with Crippen LogP contribution in [0.1, 0.15) is 39.2 Å². The summed E-state index contributed by atoms with van der Waals surface area (Å²) in [6, 6.07) is 0.473. The predicted molar refractivity (Wildman–Crippen MR) is 80.9 cm³/mol. The monoisotopic (exact) mass is 278 g/mol. The first kappa shape index (κ1) is 15.2. The molecule has 5 nitrogen and oxygen atoms in total. The molecule has 0 bridgehead atoms. The molecule has 1 aliphatic rings. The highest BCUT2D eigenvalue weighted by Gasteiger charge is 2.19. The average Bonchev–Trinajstić information content (AvgIpc) is 2.96. The molecule has 0 saturated carbocycles. The molecule has 0 radical (unpaired) electrons. The van der Waals surface area contributed by atoms with E-state index < -0.39 is 0 Å². The second-order valence-electron chi connectivity index (χ2n) is 5.60. The van der Waals surface area contributed by atoms with Crippen molar-refractivity contribution in [2.75, 3.05) is 24.6 Å². The van der Waals surface area contributed by atoms with Gasteiger partial charge < -0.3 is 15.0 Å². The molecule has 1 fully saturated rings. The minimum absolute atomic E-state index is 0.334. The predicted octanol–water partition coefficient (Wildman–Crippen LogP) is 1.98.